The fourth-order valence-corrected chi connectivity index (χ4v) is 1.59. The Balaban J connectivity index is 3.00. The van der Waals surface area contributed by atoms with Crippen LogP contribution in [0.4, 0.5) is 5.95 Å². The first-order valence-electron chi connectivity index (χ1n) is 4.99. The molecule has 1 unspecified atom stereocenters. The standard InChI is InChI=1S/C9H18N4S/c1-5-7(3)12(4)8-10-11-9(14)13(8)6-2/h7H,5-6H2,1-4H3,(H,11,14). The minimum absolute atomic E-state index is 0.477. The maximum Gasteiger partial charge on any atom is 0.225 e. The molecule has 0 fully saturated rings. The summed E-state index contributed by atoms with van der Waals surface area (Å²) >= 11 is 5.13. The highest BCUT2D eigenvalue weighted by Crippen LogP contribution is 2.13. The number of aromatic nitrogens is 3. The molecule has 14 heavy (non-hydrogen) atoms. The third kappa shape index (κ3) is 1.97. The predicted molar refractivity (Wildman–Crippen MR) is 61.2 cm³/mol. The Labute approximate surface area is 89.9 Å². The SMILES string of the molecule is CCC(C)N(C)c1n[nH]c(=S)n1CC. The summed E-state index contributed by atoms with van der Waals surface area (Å²) in [6.45, 7) is 7.27. The van der Waals surface area contributed by atoms with Gasteiger partial charge in [-0.1, -0.05) is 6.92 Å². The molecule has 0 aliphatic carbocycles. The average Bonchev–Trinajstić information content (AvgIpc) is 2.57. The number of H-pyrrole nitrogens is 1. The molecule has 0 bridgehead atoms. The Bertz CT molecular complexity index is 341. The van der Waals surface area contributed by atoms with Crippen molar-refractivity contribution in [2.75, 3.05) is 11.9 Å². The maximum absolute atomic E-state index is 5.13. The van der Waals surface area contributed by atoms with E-state index in [0.717, 1.165) is 18.9 Å². The second kappa shape index (κ2) is 4.59. The third-order valence-corrected chi connectivity index (χ3v) is 2.93. The molecule has 0 aromatic carbocycles. The highest BCUT2D eigenvalue weighted by Gasteiger charge is 2.13. The summed E-state index contributed by atoms with van der Waals surface area (Å²) in [7, 11) is 2.05. The van der Waals surface area contributed by atoms with Crippen molar-refractivity contribution in [1.29, 1.82) is 0 Å². The molecule has 1 heterocycles. The molecule has 5 heteroatoms. The Kier molecular flexibility index (Phi) is 3.69. The van der Waals surface area contributed by atoms with Crippen molar-refractivity contribution in [3.63, 3.8) is 0 Å². The predicted octanol–water partition coefficient (Wildman–Crippen LogP) is 2.20. The zero-order valence-corrected chi connectivity index (χ0v) is 10.1. The average molecular weight is 214 g/mol. The summed E-state index contributed by atoms with van der Waals surface area (Å²) in [5, 5.41) is 7.05. The largest absolute Gasteiger partial charge is 0.341 e. The van der Waals surface area contributed by atoms with Crippen LogP contribution >= 0.6 is 12.2 Å². The van der Waals surface area contributed by atoms with E-state index in [1.807, 2.05) is 11.6 Å². The zero-order valence-electron chi connectivity index (χ0n) is 9.24. The lowest BCUT2D eigenvalue weighted by Gasteiger charge is -2.24. The van der Waals surface area contributed by atoms with Gasteiger partial charge in [0.2, 0.25) is 5.95 Å². The molecular weight excluding hydrogens is 196 g/mol. The topological polar surface area (TPSA) is 36.9 Å². The van der Waals surface area contributed by atoms with Crippen LogP contribution in [0.3, 0.4) is 0 Å². The highest BCUT2D eigenvalue weighted by molar-refractivity contribution is 7.71. The Morgan fingerprint density at radius 2 is 2.21 bits per heavy atom. The Morgan fingerprint density at radius 1 is 1.57 bits per heavy atom. The normalized spacial score (nSPS) is 12.9. The lowest BCUT2D eigenvalue weighted by molar-refractivity contribution is 0.622. The summed E-state index contributed by atoms with van der Waals surface area (Å²) in [5.74, 6) is 0.923. The van der Waals surface area contributed by atoms with Gasteiger partial charge in [-0.3, -0.25) is 4.57 Å². The molecule has 0 spiro atoms. The van der Waals surface area contributed by atoms with Gasteiger partial charge in [0.05, 0.1) is 0 Å². The smallest absolute Gasteiger partial charge is 0.225 e. The van der Waals surface area contributed by atoms with Crippen LogP contribution in [0, 0.1) is 4.77 Å². The Hall–Kier alpha value is -0.840. The second-order valence-corrected chi connectivity index (χ2v) is 3.83. The van der Waals surface area contributed by atoms with Gasteiger partial charge in [-0.05, 0) is 32.5 Å². The van der Waals surface area contributed by atoms with Crippen molar-refractivity contribution in [2.24, 2.45) is 0 Å². The number of aromatic amines is 1. The summed E-state index contributed by atoms with van der Waals surface area (Å²) in [6.07, 6.45) is 1.10. The lowest BCUT2D eigenvalue weighted by Crippen LogP contribution is -2.30. The van der Waals surface area contributed by atoms with E-state index in [0.29, 0.717) is 10.8 Å². The van der Waals surface area contributed by atoms with Crippen molar-refractivity contribution in [3.8, 4) is 0 Å². The number of nitrogens with zero attached hydrogens (tertiary/aromatic N) is 3. The van der Waals surface area contributed by atoms with E-state index in [1.54, 1.807) is 0 Å². The van der Waals surface area contributed by atoms with E-state index >= 15 is 0 Å². The summed E-state index contributed by atoms with van der Waals surface area (Å²) < 4.78 is 2.69. The quantitative estimate of drug-likeness (QED) is 0.781. The molecule has 0 amide bonds. The maximum atomic E-state index is 5.13. The molecule has 0 saturated carbocycles. The number of rotatable bonds is 4. The van der Waals surface area contributed by atoms with Crippen LogP contribution < -0.4 is 4.90 Å². The summed E-state index contributed by atoms with van der Waals surface area (Å²) in [4.78, 5) is 2.15. The number of nitrogens with one attached hydrogen (secondary N) is 1. The van der Waals surface area contributed by atoms with Gasteiger partial charge in [0.15, 0.2) is 4.77 Å². The minimum atomic E-state index is 0.477. The van der Waals surface area contributed by atoms with Crippen LogP contribution in [0.5, 0.6) is 0 Å². The number of hydrogen-bond donors (Lipinski definition) is 1. The van der Waals surface area contributed by atoms with E-state index in [2.05, 4.69) is 35.9 Å². The zero-order chi connectivity index (χ0) is 10.7. The first-order valence-corrected chi connectivity index (χ1v) is 5.40. The molecule has 0 saturated heterocycles. The molecule has 0 aliphatic heterocycles. The molecular formula is C9H18N4S. The van der Waals surface area contributed by atoms with Gasteiger partial charge in [0.25, 0.3) is 0 Å². The second-order valence-electron chi connectivity index (χ2n) is 3.44. The highest BCUT2D eigenvalue weighted by atomic mass is 32.1. The molecule has 4 nitrogen and oxygen atoms in total. The van der Waals surface area contributed by atoms with E-state index < -0.39 is 0 Å². The van der Waals surface area contributed by atoms with Crippen LogP contribution in [0.1, 0.15) is 27.2 Å². The minimum Gasteiger partial charge on any atom is -0.341 e. The van der Waals surface area contributed by atoms with Gasteiger partial charge in [-0.25, -0.2) is 5.10 Å². The molecule has 1 aromatic rings. The van der Waals surface area contributed by atoms with Crippen molar-refractivity contribution in [3.05, 3.63) is 4.77 Å². The third-order valence-electron chi connectivity index (χ3n) is 2.62. The van der Waals surface area contributed by atoms with Crippen LogP contribution in [-0.2, 0) is 6.54 Å². The molecule has 1 N–H and O–H groups in total. The number of anilines is 1. The molecule has 1 atom stereocenters. The summed E-state index contributed by atoms with van der Waals surface area (Å²) in [6, 6.07) is 0.477. The van der Waals surface area contributed by atoms with Crippen molar-refractivity contribution in [2.45, 2.75) is 39.8 Å². The van der Waals surface area contributed by atoms with Crippen molar-refractivity contribution >= 4 is 18.2 Å². The first kappa shape index (κ1) is 11.2. The van der Waals surface area contributed by atoms with Crippen LogP contribution in [0.25, 0.3) is 0 Å². The monoisotopic (exact) mass is 214 g/mol. The molecule has 80 valence electrons. The van der Waals surface area contributed by atoms with E-state index in [4.69, 9.17) is 12.2 Å². The lowest BCUT2D eigenvalue weighted by atomic mass is 10.2. The van der Waals surface area contributed by atoms with E-state index in [1.165, 1.54) is 0 Å². The van der Waals surface area contributed by atoms with E-state index in [-0.39, 0.29) is 0 Å². The van der Waals surface area contributed by atoms with Crippen molar-refractivity contribution < 1.29 is 0 Å². The van der Waals surface area contributed by atoms with Crippen LogP contribution in [0.15, 0.2) is 0 Å². The molecule has 1 rings (SSSR count). The Morgan fingerprint density at radius 3 is 2.71 bits per heavy atom. The fourth-order valence-electron chi connectivity index (χ4n) is 1.33. The number of hydrogen-bond acceptors (Lipinski definition) is 3. The van der Waals surface area contributed by atoms with Gasteiger partial charge in [0, 0.05) is 19.6 Å². The first-order chi connectivity index (χ1) is 6.61. The molecule has 0 radical (unpaired) electrons. The molecule has 0 aliphatic rings. The fraction of sp³-hybridized carbons (Fsp3) is 0.778. The summed E-state index contributed by atoms with van der Waals surface area (Å²) in [5.41, 5.74) is 0. The van der Waals surface area contributed by atoms with Crippen LogP contribution in [-0.4, -0.2) is 27.9 Å². The van der Waals surface area contributed by atoms with Gasteiger partial charge in [-0.2, -0.15) is 0 Å². The van der Waals surface area contributed by atoms with Gasteiger partial charge in [-0.15, -0.1) is 5.10 Å². The van der Waals surface area contributed by atoms with Crippen molar-refractivity contribution in [1.82, 2.24) is 14.8 Å². The van der Waals surface area contributed by atoms with E-state index in [9.17, 15) is 0 Å². The van der Waals surface area contributed by atoms with Gasteiger partial charge < -0.3 is 4.90 Å². The van der Waals surface area contributed by atoms with Gasteiger partial charge in [0.1, 0.15) is 0 Å². The van der Waals surface area contributed by atoms with Gasteiger partial charge >= 0.3 is 0 Å². The van der Waals surface area contributed by atoms with Crippen LogP contribution in [0.2, 0.25) is 0 Å². The molecule has 1 aromatic heterocycles.